The molecule has 1 aliphatic rings. The minimum atomic E-state index is -0.650. The van der Waals surface area contributed by atoms with E-state index in [1.165, 1.54) is 5.56 Å². The first kappa shape index (κ1) is 18.9. The molecule has 1 aromatic carbocycles. The molecule has 0 aromatic heterocycles. The third-order valence-electron chi connectivity index (χ3n) is 4.86. The molecule has 0 spiro atoms. The van der Waals surface area contributed by atoms with Crippen LogP contribution in [0.5, 0.6) is 0 Å². The molecule has 134 valence electrons. The maximum atomic E-state index is 12.7. The van der Waals surface area contributed by atoms with Gasteiger partial charge in [0.25, 0.3) is 0 Å². The van der Waals surface area contributed by atoms with E-state index in [-0.39, 0.29) is 25.0 Å². The van der Waals surface area contributed by atoms with Crippen LogP contribution in [0.25, 0.3) is 0 Å². The summed E-state index contributed by atoms with van der Waals surface area (Å²) < 4.78 is 0. The highest BCUT2D eigenvalue weighted by atomic mass is 16.3. The van der Waals surface area contributed by atoms with Crippen LogP contribution in [0.3, 0.4) is 0 Å². The molecule has 1 aliphatic heterocycles. The number of amides is 1. The maximum Gasteiger partial charge on any atom is 0.226 e. The van der Waals surface area contributed by atoms with Crippen LogP contribution in [0.15, 0.2) is 30.3 Å². The van der Waals surface area contributed by atoms with E-state index in [1.54, 1.807) is 18.9 Å². The molecular formula is C19H30N2O3. The van der Waals surface area contributed by atoms with E-state index in [0.717, 1.165) is 32.5 Å². The van der Waals surface area contributed by atoms with E-state index >= 15 is 0 Å². The van der Waals surface area contributed by atoms with E-state index < -0.39 is 5.41 Å². The molecule has 1 heterocycles. The van der Waals surface area contributed by atoms with E-state index in [9.17, 15) is 15.0 Å². The van der Waals surface area contributed by atoms with Crippen LogP contribution in [-0.2, 0) is 11.3 Å². The zero-order valence-electron chi connectivity index (χ0n) is 14.8. The minimum absolute atomic E-state index is 0.00546. The summed E-state index contributed by atoms with van der Waals surface area (Å²) in [7, 11) is 1.77. The first-order valence-electron chi connectivity index (χ1n) is 8.70. The van der Waals surface area contributed by atoms with Crippen LogP contribution in [0, 0.1) is 11.3 Å². The Labute approximate surface area is 144 Å². The number of piperidine rings is 1. The smallest absolute Gasteiger partial charge is 0.226 e. The van der Waals surface area contributed by atoms with Gasteiger partial charge in [0.1, 0.15) is 0 Å². The summed E-state index contributed by atoms with van der Waals surface area (Å²) in [5.41, 5.74) is 0.620. The molecule has 0 aliphatic carbocycles. The second-order valence-electron chi connectivity index (χ2n) is 7.38. The standard InChI is InChI=1S/C19H30N2O3/c1-19(14-22,15-23)13-20(2)18(24)17-9-6-10-21(12-17)11-16-7-4-3-5-8-16/h3-5,7-8,17,22-23H,6,9-15H2,1-2H3. The van der Waals surface area contributed by atoms with Crippen molar-refractivity contribution in [2.75, 3.05) is 39.9 Å². The minimum Gasteiger partial charge on any atom is -0.396 e. The lowest BCUT2D eigenvalue weighted by atomic mass is 9.91. The van der Waals surface area contributed by atoms with Gasteiger partial charge in [-0.15, -0.1) is 0 Å². The predicted octanol–water partition coefficient (Wildman–Crippen LogP) is 1.35. The molecule has 0 bridgehead atoms. The van der Waals surface area contributed by atoms with Crippen molar-refractivity contribution in [3.8, 4) is 0 Å². The first-order valence-corrected chi connectivity index (χ1v) is 8.70. The number of aliphatic hydroxyl groups is 2. The Hall–Kier alpha value is -1.43. The summed E-state index contributed by atoms with van der Waals surface area (Å²) in [5, 5.41) is 18.9. The van der Waals surface area contributed by atoms with Crippen molar-refractivity contribution < 1.29 is 15.0 Å². The molecule has 24 heavy (non-hydrogen) atoms. The molecule has 1 atom stereocenters. The van der Waals surface area contributed by atoms with Crippen molar-refractivity contribution >= 4 is 5.91 Å². The summed E-state index contributed by atoms with van der Waals surface area (Å²) in [6, 6.07) is 10.3. The van der Waals surface area contributed by atoms with Gasteiger partial charge in [-0.25, -0.2) is 0 Å². The second kappa shape index (κ2) is 8.60. The highest BCUT2D eigenvalue weighted by Gasteiger charge is 2.32. The van der Waals surface area contributed by atoms with Gasteiger partial charge >= 0.3 is 0 Å². The third-order valence-corrected chi connectivity index (χ3v) is 4.86. The van der Waals surface area contributed by atoms with Gasteiger partial charge < -0.3 is 15.1 Å². The number of nitrogens with zero attached hydrogens (tertiary/aromatic N) is 2. The molecule has 5 nitrogen and oxygen atoms in total. The normalized spacial score (nSPS) is 19.2. The van der Waals surface area contributed by atoms with E-state index in [2.05, 4.69) is 17.0 Å². The van der Waals surface area contributed by atoms with Crippen LogP contribution in [0.4, 0.5) is 0 Å². The van der Waals surface area contributed by atoms with Crippen molar-refractivity contribution in [2.45, 2.75) is 26.3 Å². The summed E-state index contributed by atoms with van der Waals surface area (Å²) in [6.07, 6.45) is 1.93. The van der Waals surface area contributed by atoms with E-state index in [0.29, 0.717) is 6.54 Å². The highest BCUT2D eigenvalue weighted by Crippen LogP contribution is 2.22. The summed E-state index contributed by atoms with van der Waals surface area (Å²) in [6.45, 7) is 4.56. The number of carbonyl (C=O) groups excluding carboxylic acids is 1. The van der Waals surface area contributed by atoms with Crippen molar-refractivity contribution in [3.63, 3.8) is 0 Å². The Kier molecular flexibility index (Phi) is 6.78. The fraction of sp³-hybridized carbons (Fsp3) is 0.632. The third kappa shape index (κ3) is 5.03. The molecule has 1 fully saturated rings. The molecule has 1 aromatic rings. The van der Waals surface area contributed by atoms with Crippen LogP contribution >= 0.6 is 0 Å². The lowest BCUT2D eigenvalue weighted by Crippen LogP contribution is -2.47. The highest BCUT2D eigenvalue weighted by molar-refractivity contribution is 5.79. The van der Waals surface area contributed by atoms with Gasteiger partial charge in [-0.2, -0.15) is 0 Å². The van der Waals surface area contributed by atoms with Gasteiger partial charge in [0.15, 0.2) is 0 Å². The number of benzene rings is 1. The lowest BCUT2D eigenvalue weighted by Gasteiger charge is -2.36. The fourth-order valence-electron chi connectivity index (χ4n) is 3.35. The SMILES string of the molecule is CN(CC(C)(CO)CO)C(=O)C1CCCN(Cc2ccccc2)C1. The number of hydrogen-bond donors (Lipinski definition) is 2. The average molecular weight is 334 g/mol. The fourth-order valence-corrected chi connectivity index (χ4v) is 3.35. The number of carbonyl (C=O) groups is 1. The van der Waals surface area contributed by atoms with Crippen molar-refractivity contribution in [3.05, 3.63) is 35.9 Å². The Balaban J connectivity index is 1.92. The van der Waals surface area contributed by atoms with E-state index in [1.807, 2.05) is 18.2 Å². The van der Waals surface area contributed by atoms with Crippen LogP contribution < -0.4 is 0 Å². The number of rotatable bonds is 7. The zero-order chi connectivity index (χ0) is 17.6. The number of likely N-dealkylation sites (tertiary alicyclic amines) is 1. The van der Waals surface area contributed by atoms with Crippen LogP contribution in [0.2, 0.25) is 0 Å². The van der Waals surface area contributed by atoms with Gasteiger partial charge in [-0.05, 0) is 24.9 Å². The van der Waals surface area contributed by atoms with Gasteiger partial charge in [-0.3, -0.25) is 9.69 Å². The molecule has 1 amide bonds. The molecular weight excluding hydrogens is 304 g/mol. The summed E-state index contributed by atoms with van der Waals surface area (Å²) >= 11 is 0. The Morgan fingerprint density at radius 3 is 2.58 bits per heavy atom. The monoisotopic (exact) mass is 334 g/mol. The number of aliphatic hydroxyl groups excluding tert-OH is 2. The van der Waals surface area contributed by atoms with Gasteiger partial charge in [0, 0.05) is 32.1 Å². The van der Waals surface area contributed by atoms with Gasteiger partial charge in [0.05, 0.1) is 19.1 Å². The van der Waals surface area contributed by atoms with Crippen molar-refractivity contribution in [1.82, 2.24) is 9.80 Å². The van der Waals surface area contributed by atoms with Crippen molar-refractivity contribution in [1.29, 1.82) is 0 Å². The zero-order valence-corrected chi connectivity index (χ0v) is 14.8. The molecule has 1 unspecified atom stereocenters. The summed E-state index contributed by atoms with van der Waals surface area (Å²) in [5.74, 6) is 0.106. The average Bonchev–Trinajstić information content (AvgIpc) is 2.62. The molecule has 2 N–H and O–H groups in total. The Morgan fingerprint density at radius 1 is 1.29 bits per heavy atom. The Bertz CT molecular complexity index is 517. The second-order valence-corrected chi connectivity index (χ2v) is 7.38. The van der Waals surface area contributed by atoms with E-state index in [4.69, 9.17) is 0 Å². The van der Waals surface area contributed by atoms with Crippen LogP contribution in [-0.4, -0.2) is 65.8 Å². The Morgan fingerprint density at radius 2 is 1.96 bits per heavy atom. The maximum absolute atomic E-state index is 12.7. The quantitative estimate of drug-likeness (QED) is 0.790. The molecule has 1 saturated heterocycles. The van der Waals surface area contributed by atoms with Gasteiger partial charge in [0.2, 0.25) is 5.91 Å². The molecule has 2 rings (SSSR count). The van der Waals surface area contributed by atoms with Crippen LogP contribution in [0.1, 0.15) is 25.3 Å². The van der Waals surface area contributed by atoms with Crippen molar-refractivity contribution in [2.24, 2.45) is 11.3 Å². The number of hydrogen-bond acceptors (Lipinski definition) is 4. The molecule has 5 heteroatoms. The predicted molar refractivity (Wildman–Crippen MR) is 94.4 cm³/mol. The largest absolute Gasteiger partial charge is 0.396 e. The summed E-state index contributed by atoms with van der Waals surface area (Å²) in [4.78, 5) is 16.8. The first-order chi connectivity index (χ1) is 11.5. The topological polar surface area (TPSA) is 64.0 Å². The lowest BCUT2D eigenvalue weighted by molar-refractivity contribution is -0.138. The molecule has 0 saturated carbocycles. The van der Waals surface area contributed by atoms with Gasteiger partial charge in [-0.1, -0.05) is 37.3 Å². The molecule has 0 radical (unpaired) electrons.